The molecule has 0 radical (unpaired) electrons. The average Bonchev–Trinajstić information content (AvgIpc) is 2.13. The number of hydrogen-bond acceptors (Lipinski definition) is 3. The summed E-state index contributed by atoms with van der Waals surface area (Å²) in [4.78, 5) is 1.74. The molecule has 1 heterocycles. The third-order valence-corrected chi connectivity index (χ3v) is 2.75. The zero-order valence-electron chi connectivity index (χ0n) is 8.67. The van der Waals surface area contributed by atoms with Gasteiger partial charge >= 0.3 is 0 Å². The molecule has 0 aromatic carbocycles. The second kappa shape index (κ2) is 4.51. The highest BCUT2D eigenvalue weighted by Gasteiger charge is 2.35. The van der Waals surface area contributed by atoms with Gasteiger partial charge in [0.2, 0.25) is 0 Å². The van der Waals surface area contributed by atoms with Crippen LogP contribution in [0.3, 0.4) is 0 Å². The molecule has 0 bridgehead atoms. The number of nitrogens with zero attached hydrogens (tertiary/aromatic N) is 1. The molecule has 1 aliphatic rings. The minimum absolute atomic E-state index is 0.0114. The number of rotatable bonds is 3. The summed E-state index contributed by atoms with van der Waals surface area (Å²) in [6.07, 6.45) is 0.0114. The molecule has 1 rings (SSSR count). The zero-order valence-corrected chi connectivity index (χ0v) is 8.67. The van der Waals surface area contributed by atoms with E-state index in [9.17, 15) is 8.78 Å². The Morgan fingerprint density at radius 3 is 2.71 bits per heavy atom. The highest BCUT2D eigenvalue weighted by molar-refractivity contribution is 4.82. The van der Waals surface area contributed by atoms with Gasteiger partial charge in [-0.15, -0.1) is 0 Å². The molecule has 1 fully saturated rings. The van der Waals surface area contributed by atoms with E-state index in [-0.39, 0.29) is 18.7 Å². The number of nitrogens with two attached hydrogens (primary N) is 1. The average molecular weight is 208 g/mol. The molecule has 0 aliphatic carbocycles. The SMILES string of the molecule is CC1OCCN(CC(F)(F)CN)C1C. The first-order chi connectivity index (χ1) is 6.46. The third kappa shape index (κ3) is 2.87. The number of ether oxygens (including phenoxy) is 1. The van der Waals surface area contributed by atoms with Crippen LogP contribution in [0.5, 0.6) is 0 Å². The van der Waals surface area contributed by atoms with Gasteiger partial charge in [-0.2, -0.15) is 0 Å². The van der Waals surface area contributed by atoms with Gasteiger partial charge in [-0.05, 0) is 13.8 Å². The van der Waals surface area contributed by atoms with Crippen molar-refractivity contribution in [3.05, 3.63) is 0 Å². The summed E-state index contributed by atoms with van der Waals surface area (Å²) in [6, 6.07) is 0.0289. The van der Waals surface area contributed by atoms with Crippen LogP contribution in [0.2, 0.25) is 0 Å². The Morgan fingerprint density at radius 2 is 2.14 bits per heavy atom. The molecule has 5 heteroatoms. The van der Waals surface area contributed by atoms with Crippen molar-refractivity contribution in [1.29, 1.82) is 0 Å². The fraction of sp³-hybridized carbons (Fsp3) is 1.00. The fourth-order valence-corrected chi connectivity index (χ4v) is 1.58. The number of alkyl halides is 2. The molecule has 0 spiro atoms. The van der Waals surface area contributed by atoms with Crippen molar-refractivity contribution in [2.75, 3.05) is 26.2 Å². The van der Waals surface area contributed by atoms with Crippen LogP contribution in [-0.4, -0.2) is 49.2 Å². The lowest BCUT2D eigenvalue weighted by molar-refractivity contribution is -0.0974. The molecule has 0 amide bonds. The molecule has 2 unspecified atom stereocenters. The summed E-state index contributed by atoms with van der Waals surface area (Å²) in [7, 11) is 0. The van der Waals surface area contributed by atoms with Crippen molar-refractivity contribution in [2.45, 2.75) is 31.9 Å². The van der Waals surface area contributed by atoms with Gasteiger partial charge in [0.15, 0.2) is 0 Å². The molecule has 0 saturated carbocycles. The lowest BCUT2D eigenvalue weighted by atomic mass is 10.1. The Hall–Kier alpha value is -0.260. The van der Waals surface area contributed by atoms with E-state index < -0.39 is 12.5 Å². The van der Waals surface area contributed by atoms with Crippen molar-refractivity contribution in [3.63, 3.8) is 0 Å². The maximum absolute atomic E-state index is 13.0. The highest BCUT2D eigenvalue weighted by atomic mass is 19.3. The minimum Gasteiger partial charge on any atom is -0.376 e. The molecule has 2 atom stereocenters. The van der Waals surface area contributed by atoms with Crippen LogP contribution in [-0.2, 0) is 4.74 Å². The van der Waals surface area contributed by atoms with Crippen LogP contribution in [0, 0.1) is 0 Å². The van der Waals surface area contributed by atoms with Crippen LogP contribution < -0.4 is 5.73 Å². The standard InChI is InChI=1S/C9H18F2N2O/c1-7-8(2)14-4-3-13(7)6-9(10,11)5-12/h7-8H,3-6,12H2,1-2H3. The first kappa shape index (κ1) is 11.8. The lowest BCUT2D eigenvalue weighted by Gasteiger charge is -2.39. The smallest absolute Gasteiger partial charge is 0.272 e. The molecule has 0 aromatic heterocycles. The highest BCUT2D eigenvalue weighted by Crippen LogP contribution is 2.19. The van der Waals surface area contributed by atoms with Gasteiger partial charge in [-0.1, -0.05) is 0 Å². The molecule has 1 aliphatic heterocycles. The van der Waals surface area contributed by atoms with Gasteiger partial charge in [0.25, 0.3) is 5.92 Å². The second-order valence-corrected chi connectivity index (χ2v) is 3.85. The zero-order chi connectivity index (χ0) is 10.8. The molecule has 84 valence electrons. The van der Waals surface area contributed by atoms with E-state index in [2.05, 4.69) is 0 Å². The predicted molar refractivity (Wildman–Crippen MR) is 50.5 cm³/mol. The van der Waals surface area contributed by atoms with Gasteiger partial charge in [-0.25, -0.2) is 8.78 Å². The van der Waals surface area contributed by atoms with Crippen LogP contribution in [0.15, 0.2) is 0 Å². The summed E-state index contributed by atoms with van der Waals surface area (Å²) in [5, 5.41) is 0. The first-order valence-electron chi connectivity index (χ1n) is 4.90. The van der Waals surface area contributed by atoms with E-state index in [0.29, 0.717) is 13.2 Å². The Labute approximate surface area is 83.2 Å². The molecule has 1 saturated heterocycles. The van der Waals surface area contributed by atoms with Crippen LogP contribution in [0.25, 0.3) is 0 Å². The normalized spacial score (nSPS) is 30.6. The predicted octanol–water partition coefficient (Wildman–Crippen LogP) is 0.690. The van der Waals surface area contributed by atoms with E-state index in [1.807, 2.05) is 13.8 Å². The van der Waals surface area contributed by atoms with Crippen molar-refractivity contribution in [2.24, 2.45) is 5.73 Å². The Balaban J connectivity index is 2.51. The maximum atomic E-state index is 13.0. The van der Waals surface area contributed by atoms with Crippen LogP contribution in [0.4, 0.5) is 8.78 Å². The number of halogens is 2. The van der Waals surface area contributed by atoms with E-state index >= 15 is 0 Å². The minimum atomic E-state index is -2.79. The van der Waals surface area contributed by atoms with E-state index in [1.165, 1.54) is 0 Å². The van der Waals surface area contributed by atoms with Crippen molar-refractivity contribution >= 4 is 0 Å². The van der Waals surface area contributed by atoms with Gasteiger partial charge in [0.05, 0.1) is 25.8 Å². The first-order valence-corrected chi connectivity index (χ1v) is 4.90. The van der Waals surface area contributed by atoms with Crippen LogP contribution in [0.1, 0.15) is 13.8 Å². The van der Waals surface area contributed by atoms with Crippen LogP contribution >= 0.6 is 0 Å². The number of hydrogen-bond donors (Lipinski definition) is 1. The summed E-state index contributed by atoms with van der Waals surface area (Å²) in [6.45, 7) is 4.02. The summed E-state index contributed by atoms with van der Waals surface area (Å²) in [5.74, 6) is -2.79. The van der Waals surface area contributed by atoms with Gasteiger partial charge in [-0.3, -0.25) is 4.90 Å². The van der Waals surface area contributed by atoms with Crippen molar-refractivity contribution in [1.82, 2.24) is 4.90 Å². The second-order valence-electron chi connectivity index (χ2n) is 3.85. The largest absolute Gasteiger partial charge is 0.376 e. The molecule has 14 heavy (non-hydrogen) atoms. The topological polar surface area (TPSA) is 38.5 Å². The van der Waals surface area contributed by atoms with Gasteiger partial charge in [0.1, 0.15) is 0 Å². The van der Waals surface area contributed by atoms with Gasteiger partial charge < -0.3 is 10.5 Å². The van der Waals surface area contributed by atoms with E-state index in [1.54, 1.807) is 4.90 Å². The molecule has 2 N–H and O–H groups in total. The molecular weight excluding hydrogens is 190 g/mol. The molecule has 3 nitrogen and oxygen atoms in total. The lowest BCUT2D eigenvalue weighted by Crippen LogP contribution is -2.53. The summed E-state index contributed by atoms with van der Waals surface area (Å²) in [5.41, 5.74) is 5.00. The quantitative estimate of drug-likeness (QED) is 0.741. The fourth-order valence-electron chi connectivity index (χ4n) is 1.58. The van der Waals surface area contributed by atoms with E-state index in [0.717, 1.165) is 0 Å². The Bertz CT molecular complexity index is 190. The van der Waals surface area contributed by atoms with Crippen molar-refractivity contribution in [3.8, 4) is 0 Å². The Morgan fingerprint density at radius 1 is 1.50 bits per heavy atom. The maximum Gasteiger partial charge on any atom is 0.272 e. The number of morpholine rings is 1. The Kier molecular flexibility index (Phi) is 3.80. The summed E-state index contributed by atoms with van der Waals surface area (Å²) < 4.78 is 31.4. The summed E-state index contributed by atoms with van der Waals surface area (Å²) >= 11 is 0. The van der Waals surface area contributed by atoms with E-state index in [4.69, 9.17) is 10.5 Å². The monoisotopic (exact) mass is 208 g/mol. The van der Waals surface area contributed by atoms with Crippen molar-refractivity contribution < 1.29 is 13.5 Å². The molecule has 0 aromatic rings. The molecular formula is C9H18F2N2O. The third-order valence-electron chi connectivity index (χ3n) is 2.75. The van der Waals surface area contributed by atoms with Gasteiger partial charge in [0, 0.05) is 12.6 Å².